The summed E-state index contributed by atoms with van der Waals surface area (Å²) in [4.78, 5) is 16.8. The monoisotopic (exact) mass is 512 g/mol. The highest BCUT2D eigenvalue weighted by molar-refractivity contribution is 9.10. The fraction of sp³-hybridized carbons (Fsp3) is 0.292. The van der Waals surface area contributed by atoms with Crippen molar-refractivity contribution in [1.29, 1.82) is 0 Å². The molecular weight excluding hydrogens is 488 g/mol. The number of piperazine rings is 1. The molecule has 0 aliphatic carbocycles. The van der Waals surface area contributed by atoms with Crippen LogP contribution in [0.1, 0.15) is 10.4 Å². The number of ether oxygens (including phenoxy) is 3. The van der Waals surface area contributed by atoms with Crippen molar-refractivity contribution in [1.82, 2.24) is 15.1 Å². The lowest BCUT2D eigenvalue weighted by atomic mass is 10.1. The van der Waals surface area contributed by atoms with Crippen LogP contribution in [0.5, 0.6) is 17.2 Å². The van der Waals surface area contributed by atoms with Gasteiger partial charge in [0.1, 0.15) is 0 Å². The van der Waals surface area contributed by atoms with E-state index in [9.17, 15) is 4.79 Å². The largest absolute Gasteiger partial charge is 0.493 e. The molecule has 0 spiro atoms. The molecule has 0 radical (unpaired) electrons. The number of nitrogens with zero attached hydrogens (tertiary/aromatic N) is 4. The minimum atomic E-state index is 0.0415. The third-order valence-electron chi connectivity index (χ3n) is 5.57. The third-order valence-corrected chi connectivity index (χ3v) is 6.07. The van der Waals surface area contributed by atoms with Gasteiger partial charge in [-0.05, 0) is 42.5 Å². The number of hydrogen-bond donors (Lipinski definition) is 0. The highest BCUT2D eigenvalue weighted by Gasteiger charge is 2.23. The Labute approximate surface area is 201 Å². The van der Waals surface area contributed by atoms with Crippen LogP contribution >= 0.6 is 15.9 Å². The molecule has 2 aromatic carbocycles. The van der Waals surface area contributed by atoms with Gasteiger partial charge in [-0.25, -0.2) is 0 Å². The lowest BCUT2D eigenvalue weighted by Gasteiger charge is -2.35. The third kappa shape index (κ3) is 4.88. The van der Waals surface area contributed by atoms with E-state index in [0.717, 1.165) is 15.9 Å². The van der Waals surface area contributed by atoms with Crippen molar-refractivity contribution in [2.45, 2.75) is 0 Å². The van der Waals surface area contributed by atoms with Crippen LogP contribution in [-0.2, 0) is 0 Å². The molecular formula is C24H25BrN4O4. The van der Waals surface area contributed by atoms with E-state index >= 15 is 0 Å². The number of carbonyl (C=O) groups is 1. The molecule has 1 aliphatic heterocycles. The van der Waals surface area contributed by atoms with E-state index in [1.54, 1.807) is 21.3 Å². The summed E-state index contributed by atoms with van der Waals surface area (Å²) >= 11 is 3.43. The first-order valence-electron chi connectivity index (χ1n) is 10.5. The van der Waals surface area contributed by atoms with Gasteiger partial charge in [0.05, 0.1) is 27.0 Å². The van der Waals surface area contributed by atoms with Crippen LogP contribution in [-0.4, -0.2) is 68.5 Å². The number of amides is 1. The van der Waals surface area contributed by atoms with E-state index in [1.807, 2.05) is 53.4 Å². The molecule has 4 rings (SSSR count). The summed E-state index contributed by atoms with van der Waals surface area (Å²) in [7, 11) is 4.73. The zero-order valence-electron chi connectivity index (χ0n) is 18.7. The fourth-order valence-electron chi connectivity index (χ4n) is 3.82. The molecule has 1 amide bonds. The summed E-state index contributed by atoms with van der Waals surface area (Å²) < 4.78 is 17.1. The van der Waals surface area contributed by atoms with Gasteiger partial charge >= 0.3 is 0 Å². The van der Waals surface area contributed by atoms with Crippen molar-refractivity contribution >= 4 is 27.7 Å². The average molecular weight is 513 g/mol. The first kappa shape index (κ1) is 22.8. The summed E-state index contributed by atoms with van der Waals surface area (Å²) in [6.45, 7) is 2.64. The lowest BCUT2D eigenvalue weighted by molar-refractivity contribution is 0.0746. The van der Waals surface area contributed by atoms with Gasteiger partial charge in [-0.2, -0.15) is 0 Å². The van der Waals surface area contributed by atoms with Crippen molar-refractivity contribution in [3.63, 3.8) is 0 Å². The van der Waals surface area contributed by atoms with Crippen LogP contribution in [0.3, 0.4) is 0 Å². The maximum Gasteiger partial charge on any atom is 0.254 e. The first-order chi connectivity index (χ1) is 16.0. The zero-order chi connectivity index (χ0) is 23.4. The van der Waals surface area contributed by atoms with Crippen LogP contribution in [0, 0.1) is 0 Å². The van der Waals surface area contributed by atoms with Gasteiger partial charge in [0.25, 0.3) is 5.91 Å². The topological polar surface area (TPSA) is 77.0 Å². The van der Waals surface area contributed by atoms with E-state index < -0.39 is 0 Å². The zero-order valence-corrected chi connectivity index (χ0v) is 20.3. The van der Waals surface area contributed by atoms with Crippen molar-refractivity contribution in [2.75, 3.05) is 52.4 Å². The molecule has 1 saturated heterocycles. The molecule has 0 unspecified atom stereocenters. The Bertz CT molecular complexity index is 1110. The molecule has 0 saturated carbocycles. The highest BCUT2D eigenvalue weighted by atomic mass is 79.9. The molecule has 9 heteroatoms. The summed E-state index contributed by atoms with van der Waals surface area (Å²) in [5.41, 5.74) is 2.20. The molecule has 172 valence electrons. The van der Waals surface area contributed by atoms with Gasteiger partial charge in [0.2, 0.25) is 5.75 Å². The maximum atomic E-state index is 12.8. The van der Waals surface area contributed by atoms with Gasteiger partial charge in [0, 0.05) is 41.8 Å². The Morgan fingerprint density at radius 2 is 1.58 bits per heavy atom. The second-order valence-electron chi connectivity index (χ2n) is 7.48. The second kappa shape index (κ2) is 10.1. The molecule has 1 aromatic heterocycles. The van der Waals surface area contributed by atoms with Gasteiger partial charge in [-0.1, -0.05) is 22.0 Å². The lowest BCUT2D eigenvalue weighted by Crippen LogP contribution is -2.49. The van der Waals surface area contributed by atoms with Gasteiger partial charge in [-0.15, -0.1) is 10.2 Å². The smallest absolute Gasteiger partial charge is 0.254 e. The maximum absolute atomic E-state index is 12.8. The Morgan fingerprint density at radius 1 is 0.879 bits per heavy atom. The molecule has 33 heavy (non-hydrogen) atoms. The van der Waals surface area contributed by atoms with Crippen molar-refractivity contribution in [3.05, 3.63) is 58.6 Å². The van der Waals surface area contributed by atoms with E-state index in [1.165, 1.54) is 0 Å². The summed E-state index contributed by atoms with van der Waals surface area (Å²) in [5, 5.41) is 8.84. The molecule has 0 atom stereocenters. The van der Waals surface area contributed by atoms with Gasteiger partial charge in [-0.3, -0.25) is 4.79 Å². The van der Waals surface area contributed by atoms with E-state index in [4.69, 9.17) is 14.2 Å². The molecule has 3 aromatic rings. The SMILES string of the molecule is COc1cc(-c2ccc(N3CCN(C(=O)c4cccc(Br)c4)CC3)nn2)cc(OC)c1OC. The number of benzene rings is 2. The second-order valence-corrected chi connectivity index (χ2v) is 8.40. The average Bonchev–Trinajstić information content (AvgIpc) is 2.87. The van der Waals surface area contributed by atoms with Crippen molar-refractivity contribution in [2.24, 2.45) is 0 Å². The van der Waals surface area contributed by atoms with Crippen molar-refractivity contribution < 1.29 is 19.0 Å². The van der Waals surface area contributed by atoms with E-state index in [-0.39, 0.29) is 5.91 Å². The number of carbonyl (C=O) groups excluding carboxylic acids is 1. The Kier molecular flexibility index (Phi) is 6.98. The first-order valence-corrected chi connectivity index (χ1v) is 11.3. The molecule has 2 heterocycles. The minimum Gasteiger partial charge on any atom is -0.493 e. The quantitative estimate of drug-likeness (QED) is 0.495. The molecule has 8 nitrogen and oxygen atoms in total. The number of rotatable bonds is 6. The van der Waals surface area contributed by atoms with Crippen LogP contribution in [0.25, 0.3) is 11.3 Å². The molecule has 1 aliphatic rings. The van der Waals surface area contributed by atoms with Crippen LogP contribution in [0.15, 0.2) is 53.0 Å². The van der Waals surface area contributed by atoms with Crippen LogP contribution in [0.2, 0.25) is 0 Å². The molecule has 0 bridgehead atoms. The molecule has 0 N–H and O–H groups in total. The van der Waals surface area contributed by atoms with Crippen LogP contribution < -0.4 is 19.1 Å². The number of methoxy groups -OCH3 is 3. The van der Waals surface area contributed by atoms with Crippen LogP contribution in [0.4, 0.5) is 5.82 Å². The Morgan fingerprint density at radius 3 is 2.12 bits per heavy atom. The predicted octanol–water partition coefficient (Wildman–Crippen LogP) is 3.89. The van der Waals surface area contributed by atoms with Crippen molar-refractivity contribution in [3.8, 4) is 28.5 Å². The van der Waals surface area contributed by atoms with Gasteiger partial charge < -0.3 is 24.0 Å². The normalized spacial score (nSPS) is 13.6. The number of anilines is 1. The van der Waals surface area contributed by atoms with Gasteiger partial charge in [0.15, 0.2) is 17.3 Å². The van der Waals surface area contributed by atoms with E-state index in [2.05, 4.69) is 31.0 Å². The summed E-state index contributed by atoms with van der Waals surface area (Å²) in [5.74, 6) is 2.47. The van der Waals surface area contributed by atoms with E-state index in [0.29, 0.717) is 54.7 Å². The number of aromatic nitrogens is 2. The minimum absolute atomic E-state index is 0.0415. The Balaban J connectivity index is 1.45. The Hall–Kier alpha value is -3.33. The summed E-state index contributed by atoms with van der Waals surface area (Å²) in [6.07, 6.45) is 0. The summed E-state index contributed by atoms with van der Waals surface area (Å²) in [6, 6.07) is 15.0. The molecule has 1 fully saturated rings. The highest BCUT2D eigenvalue weighted by Crippen LogP contribution is 2.40. The standard InChI is InChI=1S/C24H25BrN4O4/c1-31-20-14-17(15-21(32-2)23(20)33-3)19-7-8-22(27-26-19)28-9-11-29(12-10-28)24(30)16-5-4-6-18(25)13-16/h4-8,13-15H,9-12H2,1-3H3. The number of halogens is 1. The fourth-order valence-corrected chi connectivity index (χ4v) is 4.22. The number of hydrogen-bond acceptors (Lipinski definition) is 7. The predicted molar refractivity (Wildman–Crippen MR) is 129 cm³/mol.